The van der Waals surface area contributed by atoms with Gasteiger partial charge in [-0.1, -0.05) is 17.7 Å². The maximum absolute atomic E-state index is 5.86. The smallest absolute Gasteiger partial charge is 0.135 e. The van der Waals surface area contributed by atoms with Crippen LogP contribution in [-0.4, -0.2) is 17.3 Å². The van der Waals surface area contributed by atoms with E-state index in [9.17, 15) is 0 Å². The van der Waals surface area contributed by atoms with Gasteiger partial charge in [-0.15, -0.1) is 0 Å². The van der Waals surface area contributed by atoms with Crippen LogP contribution in [0.15, 0.2) is 18.2 Å². The third-order valence-corrected chi connectivity index (χ3v) is 1.99. The van der Waals surface area contributed by atoms with Crippen molar-refractivity contribution in [1.29, 1.82) is 0 Å². The molecule has 0 amide bonds. The summed E-state index contributed by atoms with van der Waals surface area (Å²) < 4.78 is 5.12. The number of nitrogens with zero attached hydrogens (tertiary/aromatic N) is 1. The van der Waals surface area contributed by atoms with Crippen LogP contribution in [0.2, 0.25) is 5.15 Å². The largest absolute Gasteiger partial charge is 0.496 e. The topological polar surface area (TPSA) is 37.9 Å². The highest BCUT2D eigenvalue weighted by atomic mass is 35.5. The van der Waals surface area contributed by atoms with E-state index in [4.69, 9.17) is 16.3 Å². The van der Waals surface area contributed by atoms with Gasteiger partial charge in [-0.05, 0) is 12.1 Å². The number of aromatic amines is 1. The van der Waals surface area contributed by atoms with Gasteiger partial charge >= 0.3 is 0 Å². The van der Waals surface area contributed by atoms with Gasteiger partial charge in [-0.25, -0.2) is 0 Å². The number of methoxy groups -OCH3 is 1. The Morgan fingerprint density at radius 1 is 1.50 bits per heavy atom. The van der Waals surface area contributed by atoms with Crippen LogP contribution in [0.4, 0.5) is 0 Å². The van der Waals surface area contributed by atoms with Crippen molar-refractivity contribution in [2.75, 3.05) is 7.11 Å². The Bertz CT molecular complexity index is 410. The van der Waals surface area contributed by atoms with E-state index in [1.165, 1.54) is 0 Å². The maximum atomic E-state index is 5.86. The first kappa shape index (κ1) is 7.43. The number of benzene rings is 1. The fourth-order valence-electron chi connectivity index (χ4n) is 1.17. The van der Waals surface area contributed by atoms with E-state index >= 15 is 0 Å². The minimum Gasteiger partial charge on any atom is -0.496 e. The third-order valence-electron chi connectivity index (χ3n) is 1.72. The Morgan fingerprint density at radius 3 is 3.08 bits per heavy atom. The lowest BCUT2D eigenvalue weighted by atomic mass is 10.2. The average Bonchev–Trinajstić information content (AvgIpc) is 2.48. The number of hydrogen-bond donors (Lipinski definition) is 1. The Kier molecular flexibility index (Phi) is 1.66. The fourth-order valence-corrected chi connectivity index (χ4v) is 1.40. The molecule has 0 aliphatic rings. The van der Waals surface area contributed by atoms with Crippen LogP contribution < -0.4 is 4.74 Å². The molecule has 0 fully saturated rings. The van der Waals surface area contributed by atoms with E-state index in [-0.39, 0.29) is 0 Å². The lowest BCUT2D eigenvalue weighted by molar-refractivity contribution is 0.420. The number of halogens is 1. The second-order valence-electron chi connectivity index (χ2n) is 2.39. The molecule has 0 atom stereocenters. The zero-order valence-corrected chi connectivity index (χ0v) is 7.22. The Morgan fingerprint density at radius 2 is 2.33 bits per heavy atom. The minimum absolute atomic E-state index is 0.516. The monoisotopic (exact) mass is 182 g/mol. The van der Waals surface area contributed by atoms with Crippen molar-refractivity contribution in [2.24, 2.45) is 0 Å². The van der Waals surface area contributed by atoms with E-state index in [1.54, 1.807) is 7.11 Å². The second-order valence-corrected chi connectivity index (χ2v) is 2.77. The van der Waals surface area contributed by atoms with Crippen molar-refractivity contribution in [3.8, 4) is 5.75 Å². The number of ether oxygens (including phenoxy) is 1. The number of hydrogen-bond acceptors (Lipinski definition) is 2. The normalized spacial score (nSPS) is 10.5. The third kappa shape index (κ3) is 0.940. The number of nitrogens with one attached hydrogen (secondary N) is 1. The van der Waals surface area contributed by atoms with E-state index < -0.39 is 0 Å². The number of H-pyrrole nitrogens is 1. The van der Waals surface area contributed by atoms with Gasteiger partial charge in [0.25, 0.3) is 0 Å². The summed E-state index contributed by atoms with van der Waals surface area (Å²) in [6.07, 6.45) is 0. The molecule has 4 heteroatoms. The quantitative estimate of drug-likeness (QED) is 0.735. The summed E-state index contributed by atoms with van der Waals surface area (Å²) in [5.41, 5.74) is 0.819. The highest BCUT2D eigenvalue weighted by Gasteiger charge is 2.07. The fraction of sp³-hybridized carbons (Fsp3) is 0.125. The van der Waals surface area contributed by atoms with Gasteiger partial charge in [0.1, 0.15) is 10.9 Å². The van der Waals surface area contributed by atoms with Crippen LogP contribution in [0, 0.1) is 0 Å². The number of fused-ring (bicyclic) bond motifs is 1. The highest BCUT2D eigenvalue weighted by Crippen LogP contribution is 2.29. The molecule has 0 unspecified atom stereocenters. The molecule has 0 saturated heterocycles. The molecule has 62 valence electrons. The van der Waals surface area contributed by atoms with Crippen LogP contribution in [0.25, 0.3) is 10.9 Å². The van der Waals surface area contributed by atoms with Crippen molar-refractivity contribution in [3.05, 3.63) is 23.4 Å². The Balaban J connectivity index is 2.84. The van der Waals surface area contributed by atoms with Crippen LogP contribution >= 0.6 is 11.6 Å². The summed E-state index contributed by atoms with van der Waals surface area (Å²) in [6, 6.07) is 5.60. The molecule has 0 spiro atoms. The van der Waals surface area contributed by atoms with E-state index in [2.05, 4.69) is 10.2 Å². The predicted molar refractivity (Wildman–Crippen MR) is 47.7 cm³/mol. The van der Waals surface area contributed by atoms with Gasteiger partial charge in [0.15, 0.2) is 0 Å². The molecule has 3 nitrogen and oxygen atoms in total. The van der Waals surface area contributed by atoms with E-state index in [1.807, 2.05) is 18.2 Å². The van der Waals surface area contributed by atoms with Gasteiger partial charge in [0, 0.05) is 0 Å². The van der Waals surface area contributed by atoms with Crippen molar-refractivity contribution in [2.45, 2.75) is 0 Å². The summed E-state index contributed by atoms with van der Waals surface area (Å²) in [7, 11) is 1.61. The molecular weight excluding hydrogens is 176 g/mol. The van der Waals surface area contributed by atoms with Crippen molar-refractivity contribution in [3.63, 3.8) is 0 Å². The summed E-state index contributed by atoms with van der Waals surface area (Å²) in [5.74, 6) is 0.742. The van der Waals surface area contributed by atoms with Crippen LogP contribution in [0.5, 0.6) is 5.75 Å². The Labute approximate surface area is 74.3 Å². The standard InChI is InChI=1S/C8H7ClN2O/c1-12-6-4-2-3-5-7(6)8(9)11-10-5/h2-4H,1H3,(H,10,11). The molecule has 12 heavy (non-hydrogen) atoms. The lowest BCUT2D eigenvalue weighted by Gasteiger charge is -1.99. The van der Waals surface area contributed by atoms with Gasteiger partial charge < -0.3 is 4.74 Å². The molecule has 1 aromatic carbocycles. The van der Waals surface area contributed by atoms with Crippen LogP contribution in [-0.2, 0) is 0 Å². The van der Waals surface area contributed by atoms with Crippen molar-refractivity contribution < 1.29 is 4.74 Å². The highest BCUT2D eigenvalue weighted by molar-refractivity contribution is 6.34. The molecule has 1 aromatic heterocycles. The van der Waals surface area contributed by atoms with Crippen molar-refractivity contribution in [1.82, 2.24) is 10.2 Å². The van der Waals surface area contributed by atoms with Gasteiger partial charge in [0.05, 0.1) is 18.0 Å². The zero-order chi connectivity index (χ0) is 8.55. The predicted octanol–water partition coefficient (Wildman–Crippen LogP) is 2.22. The maximum Gasteiger partial charge on any atom is 0.135 e. The average molecular weight is 183 g/mol. The molecule has 0 bridgehead atoms. The molecule has 0 radical (unpaired) electrons. The zero-order valence-electron chi connectivity index (χ0n) is 6.47. The lowest BCUT2D eigenvalue weighted by Crippen LogP contribution is -1.82. The van der Waals surface area contributed by atoms with E-state index in [0.29, 0.717) is 5.15 Å². The van der Waals surface area contributed by atoms with E-state index in [0.717, 1.165) is 16.7 Å². The number of aromatic nitrogens is 2. The molecule has 0 aliphatic heterocycles. The Hall–Kier alpha value is -1.22. The first-order chi connectivity index (χ1) is 5.83. The molecule has 1 heterocycles. The summed E-state index contributed by atoms with van der Waals surface area (Å²) in [4.78, 5) is 0. The van der Waals surface area contributed by atoms with Gasteiger partial charge in [-0.2, -0.15) is 5.10 Å². The van der Waals surface area contributed by atoms with Crippen molar-refractivity contribution >= 4 is 22.5 Å². The summed E-state index contributed by atoms with van der Waals surface area (Å²) in [6.45, 7) is 0. The van der Waals surface area contributed by atoms with Crippen LogP contribution in [0.1, 0.15) is 0 Å². The van der Waals surface area contributed by atoms with Gasteiger partial charge in [-0.3, -0.25) is 5.10 Å². The first-order valence-electron chi connectivity index (χ1n) is 3.49. The summed E-state index contributed by atoms with van der Waals surface area (Å²) >= 11 is 5.86. The molecule has 2 aromatic rings. The second kappa shape index (κ2) is 2.68. The molecule has 1 N–H and O–H groups in total. The minimum atomic E-state index is 0.516. The first-order valence-corrected chi connectivity index (χ1v) is 3.87. The SMILES string of the molecule is COc1cccc2n[nH]c(Cl)c12. The van der Waals surface area contributed by atoms with Gasteiger partial charge in [0.2, 0.25) is 0 Å². The number of rotatable bonds is 1. The van der Waals surface area contributed by atoms with Crippen LogP contribution in [0.3, 0.4) is 0 Å². The summed E-state index contributed by atoms with van der Waals surface area (Å²) in [5, 5.41) is 8.03. The molecule has 2 rings (SSSR count). The molecule has 0 aliphatic carbocycles. The molecular formula is C8H7ClN2O. The molecule has 0 saturated carbocycles.